The molecule has 3 rings (SSSR count). The van der Waals surface area contributed by atoms with Crippen LogP contribution in [-0.2, 0) is 0 Å². The van der Waals surface area contributed by atoms with E-state index in [1.165, 1.54) is 0 Å². The van der Waals surface area contributed by atoms with Crippen LogP contribution in [0.5, 0.6) is 0 Å². The zero-order valence-corrected chi connectivity index (χ0v) is 8.72. The summed E-state index contributed by atoms with van der Waals surface area (Å²) in [6, 6.07) is 0. The number of nitrogens with one attached hydrogen (secondary N) is 1. The number of halogens is 3. The molecule has 88 valence electrons. The quantitative estimate of drug-likeness (QED) is 0.733. The van der Waals surface area contributed by atoms with Gasteiger partial charge < -0.3 is 5.32 Å². The number of allylic oxidation sites excluding steroid dienone is 1. The van der Waals surface area contributed by atoms with Crippen molar-refractivity contribution < 1.29 is 13.2 Å². The molecule has 0 aromatic heterocycles. The molecule has 3 atom stereocenters. The van der Waals surface area contributed by atoms with Gasteiger partial charge in [-0.15, -0.1) is 0 Å². The average molecular weight is 230 g/mol. The molecule has 0 aromatic carbocycles. The van der Waals surface area contributed by atoms with Crippen molar-refractivity contribution in [3.05, 3.63) is 11.8 Å². The standard InChI is InChI=1S/C11H13F3N2/c12-11(13,14)7-1-2-9(16-5-7)10-3-8(10)4-15-6-10/h2,5,7-8,15H,1,3-4,6H2. The van der Waals surface area contributed by atoms with Crippen molar-refractivity contribution in [2.45, 2.75) is 19.0 Å². The monoisotopic (exact) mass is 230 g/mol. The van der Waals surface area contributed by atoms with E-state index < -0.39 is 12.1 Å². The zero-order valence-electron chi connectivity index (χ0n) is 8.72. The number of rotatable bonds is 1. The molecular weight excluding hydrogens is 217 g/mol. The van der Waals surface area contributed by atoms with Crippen LogP contribution in [0.3, 0.4) is 0 Å². The molecule has 1 N–H and O–H groups in total. The fraction of sp³-hybridized carbons (Fsp3) is 0.727. The van der Waals surface area contributed by atoms with E-state index in [2.05, 4.69) is 10.3 Å². The second kappa shape index (κ2) is 3.09. The second-order valence-corrected chi connectivity index (χ2v) is 4.94. The van der Waals surface area contributed by atoms with E-state index in [0.29, 0.717) is 5.92 Å². The highest BCUT2D eigenvalue weighted by Gasteiger charge is 2.60. The van der Waals surface area contributed by atoms with Gasteiger partial charge in [0, 0.05) is 23.9 Å². The first kappa shape index (κ1) is 10.3. The molecular formula is C11H13F3N2. The summed E-state index contributed by atoms with van der Waals surface area (Å²) in [7, 11) is 0. The minimum absolute atomic E-state index is 0.0524. The molecule has 0 amide bonds. The van der Waals surface area contributed by atoms with Gasteiger partial charge in [-0.2, -0.15) is 13.2 Å². The molecule has 1 saturated carbocycles. The Bertz CT molecular complexity index is 372. The van der Waals surface area contributed by atoms with Gasteiger partial charge in [-0.3, -0.25) is 4.99 Å². The van der Waals surface area contributed by atoms with Crippen molar-refractivity contribution in [1.82, 2.24) is 5.32 Å². The average Bonchev–Trinajstić information content (AvgIpc) is 2.81. The third kappa shape index (κ3) is 1.41. The predicted molar refractivity (Wildman–Crippen MR) is 54.1 cm³/mol. The minimum atomic E-state index is -4.15. The highest BCUT2D eigenvalue weighted by Crippen LogP contribution is 2.60. The molecule has 2 fully saturated rings. The van der Waals surface area contributed by atoms with Crippen molar-refractivity contribution in [3.63, 3.8) is 0 Å². The summed E-state index contributed by atoms with van der Waals surface area (Å²) in [5, 5.41) is 3.26. The van der Waals surface area contributed by atoms with Crippen LogP contribution in [0.25, 0.3) is 0 Å². The first-order valence-electron chi connectivity index (χ1n) is 5.55. The number of hydrogen-bond acceptors (Lipinski definition) is 2. The molecule has 3 unspecified atom stereocenters. The molecule has 0 radical (unpaired) electrons. The highest BCUT2D eigenvalue weighted by atomic mass is 19.4. The molecule has 0 aromatic rings. The molecule has 0 bridgehead atoms. The van der Waals surface area contributed by atoms with E-state index in [1.54, 1.807) is 6.08 Å². The summed E-state index contributed by atoms with van der Waals surface area (Å²) in [5.74, 6) is -0.794. The van der Waals surface area contributed by atoms with Crippen molar-refractivity contribution in [2.75, 3.05) is 13.1 Å². The van der Waals surface area contributed by atoms with E-state index in [9.17, 15) is 13.2 Å². The number of piperidine rings is 1. The van der Waals surface area contributed by atoms with Gasteiger partial charge in [0.1, 0.15) is 0 Å². The van der Waals surface area contributed by atoms with Crippen molar-refractivity contribution >= 4 is 6.21 Å². The van der Waals surface area contributed by atoms with Crippen molar-refractivity contribution in [2.24, 2.45) is 22.2 Å². The van der Waals surface area contributed by atoms with Gasteiger partial charge in [0.15, 0.2) is 0 Å². The third-order valence-electron chi connectivity index (χ3n) is 3.95. The summed E-state index contributed by atoms with van der Waals surface area (Å²) in [5.41, 5.74) is 0.954. The van der Waals surface area contributed by atoms with Crippen LogP contribution >= 0.6 is 0 Å². The summed E-state index contributed by atoms with van der Waals surface area (Å²) in [6.07, 6.45) is -0.250. The van der Waals surface area contributed by atoms with E-state index in [1.807, 2.05) is 0 Å². The van der Waals surface area contributed by atoms with Gasteiger partial charge in [0.25, 0.3) is 0 Å². The van der Waals surface area contributed by atoms with E-state index in [0.717, 1.165) is 31.4 Å². The van der Waals surface area contributed by atoms with Gasteiger partial charge in [-0.1, -0.05) is 6.08 Å². The lowest BCUT2D eigenvalue weighted by Crippen LogP contribution is -2.27. The van der Waals surface area contributed by atoms with Crippen LogP contribution in [0.1, 0.15) is 12.8 Å². The van der Waals surface area contributed by atoms with Gasteiger partial charge in [0.05, 0.1) is 5.92 Å². The normalized spacial score (nSPS) is 41.8. The molecule has 2 aliphatic heterocycles. The Morgan fingerprint density at radius 3 is 2.69 bits per heavy atom. The fourth-order valence-corrected chi connectivity index (χ4v) is 2.81. The van der Waals surface area contributed by atoms with Crippen LogP contribution in [0, 0.1) is 17.3 Å². The Balaban J connectivity index is 1.74. The molecule has 0 spiro atoms. The molecule has 1 saturated heterocycles. The predicted octanol–water partition coefficient (Wildman–Crippen LogP) is 2.13. The lowest BCUT2D eigenvalue weighted by Gasteiger charge is -2.21. The van der Waals surface area contributed by atoms with E-state index >= 15 is 0 Å². The molecule has 2 heterocycles. The molecule has 16 heavy (non-hydrogen) atoms. The van der Waals surface area contributed by atoms with Gasteiger partial charge in [-0.05, 0) is 25.3 Å². The highest BCUT2D eigenvalue weighted by molar-refractivity contribution is 5.66. The Morgan fingerprint density at radius 2 is 2.25 bits per heavy atom. The summed E-state index contributed by atoms with van der Waals surface area (Å²) in [6.45, 7) is 1.85. The van der Waals surface area contributed by atoms with E-state index in [4.69, 9.17) is 0 Å². The Hall–Kier alpha value is -0.840. The van der Waals surface area contributed by atoms with Crippen LogP contribution in [0.15, 0.2) is 16.8 Å². The van der Waals surface area contributed by atoms with Crippen LogP contribution < -0.4 is 5.32 Å². The van der Waals surface area contributed by atoms with Crippen LogP contribution in [0.2, 0.25) is 0 Å². The smallest absolute Gasteiger partial charge is 0.315 e. The topological polar surface area (TPSA) is 24.4 Å². The second-order valence-electron chi connectivity index (χ2n) is 4.94. The van der Waals surface area contributed by atoms with Gasteiger partial charge in [-0.25, -0.2) is 0 Å². The van der Waals surface area contributed by atoms with E-state index in [-0.39, 0.29) is 11.8 Å². The number of aliphatic imine (C=N–C) groups is 1. The molecule has 5 heteroatoms. The first-order valence-corrected chi connectivity index (χ1v) is 5.55. The number of nitrogens with zero attached hydrogens (tertiary/aromatic N) is 1. The van der Waals surface area contributed by atoms with Crippen LogP contribution in [-0.4, -0.2) is 25.5 Å². The maximum Gasteiger partial charge on any atom is 0.396 e. The lowest BCUT2D eigenvalue weighted by molar-refractivity contribution is -0.153. The maximum atomic E-state index is 12.4. The maximum absolute atomic E-state index is 12.4. The Morgan fingerprint density at radius 1 is 1.44 bits per heavy atom. The lowest BCUT2D eigenvalue weighted by atomic mass is 9.95. The fourth-order valence-electron chi connectivity index (χ4n) is 2.81. The van der Waals surface area contributed by atoms with Crippen molar-refractivity contribution in [3.8, 4) is 0 Å². The summed E-state index contributed by atoms with van der Waals surface area (Å²) < 4.78 is 37.3. The Labute approximate surface area is 91.6 Å². The molecule has 1 aliphatic carbocycles. The Kier molecular flexibility index (Phi) is 2.00. The number of fused-ring (bicyclic) bond motifs is 1. The minimum Gasteiger partial charge on any atom is -0.315 e. The molecule has 3 aliphatic rings. The zero-order chi connectivity index (χ0) is 11.4. The number of alkyl halides is 3. The largest absolute Gasteiger partial charge is 0.396 e. The summed E-state index contributed by atoms with van der Waals surface area (Å²) in [4.78, 5) is 4.05. The summed E-state index contributed by atoms with van der Waals surface area (Å²) >= 11 is 0. The van der Waals surface area contributed by atoms with Gasteiger partial charge in [0.2, 0.25) is 0 Å². The first-order chi connectivity index (χ1) is 7.52. The number of hydrogen-bond donors (Lipinski definition) is 1. The SMILES string of the molecule is FC(F)(F)C1C=NC(C23CNCC2C3)=CC1. The third-order valence-corrected chi connectivity index (χ3v) is 3.95. The van der Waals surface area contributed by atoms with Gasteiger partial charge >= 0.3 is 6.18 Å². The van der Waals surface area contributed by atoms with Crippen molar-refractivity contribution in [1.29, 1.82) is 0 Å². The van der Waals surface area contributed by atoms with Crippen LogP contribution in [0.4, 0.5) is 13.2 Å². The molecule has 2 nitrogen and oxygen atoms in total.